The highest BCUT2D eigenvalue weighted by Crippen LogP contribution is 2.35. The van der Waals surface area contributed by atoms with Gasteiger partial charge in [-0.05, 0) is 36.6 Å². The Bertz CT molecular complexity index is 1410. The van der Waals surface area contributed by atoms with E-state index in [1.54, 1.807) is 29.5 Å². The van der Waals surface area contributed by atoms with E-state index in [-0.39, 0.29) is 11.7 Å². The van der Waals surface area contributed by atoms with Gasteiger partial charge < -0.3 is 5.32 Å². The van der Waals surface area contributed by atoms with E-state index >= 15 is 0 Å². The average Bonchev–Trinajstić information content (AvgIpc) is 3.55. The summed E-state index contributed by atoms with van der Waals surface area (Å²) in [6, 6.07) is 18.0. The molecule has 0 saturated heterocycles. The van der Waals surface area contributed by atoms with Crippen molar-refractivity contribution < 1.29 is 9.18 Å². The van der Waals surface area contributed by atoms with Crippen LogP contribution in [0.1, 0.15) is 15.4 Å². The van der Waals surface area contributed by atoms with Crippen LogP contribution in [0.25, 0.3) is 31.7 Å². The van der Waals surface area contributed by atoms with Crippen molar-refractivity contribution >= 4 is 45.6 Å². The Kier molecular flexibility index (Phi) is 5.65. The molecule has 0 aliphatic carbocycles. The van der Waals surface area contributed by atoms with E-state index in [1.165, 1.54) is 28.7 Å². The molecule has 5 rings (SSSR count). The predicted molar refractivity (Wildman–Crippen MR) is 131 cm³/mol. The molecule has 3 heterocycles. The van der Waals surface area contributed by atoms with E-state index in [4.69, 9.17) is 0 Å². The number of thiophene rings is 1. The number of thiazole rings is 2. The number of carbonyl (C=O) groups excluding carboxylic acids is 1. The number of rotatable bonds is 5. The fraction of sp³-hybridized carbons (Fsp3) is 0.0417. The third kappa shape index (κ3) is 4.00. The van der Waals surface area contributed by atoms with Gasteiger partial charge in [0.2, 0.25) is 0 Å². The van der Waals surface area contributed by atoms with Gasteiger partial charge in [0, 0.05) is 16.5 Å². The van der Waals surface area contributed by atoms with Crippen molar-refractivity contribution in [1.82, 2.24) is 9.97 Å². The minimum atomic E-state index is -0.308. The van der Waals surface area contributed by atoms with Crippen LogP contribution in [0.15, 0.2) is 71.4 Å². The van der Waals surface area contributed by atoms with Gasteiger partial charge in [-0.15, -0.1) is 34.0 Å². The number of nitrogens with zero attached hydrogens (tertiary/aromatic N) is 2. The largest absolute Gasteiger partial charge is 0.321 e. The first-order valence-corrected chi connectivity index (χ1v) is 12.3. The molecule has 158 valence electrons. The van der Waals surface area contributed by atoms with E-state index in [9.17, 15) is 9.18 Å². The molecule has 0 fully saturated rings. The second kappa shape index (κ2) is 8.74. The van der Waals surface area contributed by atoms with Gasteiger partial charge in [-0.25, -0.2) is 14.4 Å². The second-order valence-corrected chi connectivity index (χ2v) is 9.73. The first-order chi connectivity index (χ1) is 15.6. The lowest BCUT2D eigenvalue weighted by Gasteiger charge is -2.09. The second-order valence-electron chi connectivity index (χ2n) is 6.93. The summed E-state index contributed by atoms with van der Waals surface area (Å²) in [5.74, 6) is -0.517. The molecule has 0 spiro atoms. The highest BCUT2D eigenvalue weighted by Gasteiger charge is 2.19. The molecule has 8 heteroatoms. The summed E-state index contributed by atoms with van der Waals surface area (Å²) in [5.41, 5.74) is 3.27. The van der Waals surface area contributed by atoms with Gasteiger partial charge in [0.1, 0.15) is 20.7 Å². The highest BCUT2D eigenvalue weighted by molar-refractivity contribution is 7.22. The summed E-state index contributed by atoms with van der Waals surface area (Å²) in [4.78, 5) is 23.9. The fourth-order valence-electron chi connectivity index (χ4n) is 3.26. The van der Waals surface area contributed by atoms with Crippen LogP contribution in [0.3, 0.4) is 0 Å². The van der Waals surface area contributed by atoms with Gasteiger partial charge in [0.05, 0.1) is 22.0 Å². The van der Waals surface area contributed by atoms with E-state index in [2.05, 4.69) is 15.3 Å². The Morgan fingerprint density at radius 3 is 2.47 bits per heavy atom. The molecule has 0 bridgehead atoms. The molecule has 0 aliphatic heterocycles. The number of aryl methyl sites for hydroxylation is 1. The molecule has 1 amide bonds. The fourth-order valence-corrected chi connectivity index (χ4v) is 5.87. The third-order valence-corrected chi connectivity index (χ3v) is 7.87. The zero-order chi connectivity index (χ0) is 22.1. The SMILES string of the molecule is Cc1nc(-c2cccs2)sc1C(=O)Nc1ccccc1-c1csc(-c2ccccc2F)n1. The van der Waals surface area contributed by atoms with Gasteiger partial charge in [-0.3, -0.25) is 4.79 Å². The van der Waals surface area contributed by atoms with Crippen molar-refractivity contribution in [2.75, 3.05) is 5.32 Å². The molecule has 3 aromatic heterocycles. The summed E-state index contributed by atoms with van der Waals surface area (Å²) >= 11 is 4.35. The average molecular weight is 478 g/mol. The quantitative estimate of drug-likeness (QED) is 0.288. The predicted octanol–water partition coefficient (Wildman–Crippen LogP) is 7.36. The van der Waals surface area contributed by atoms with E-state index in [1.807, 2.05) is 54.1 Å². The molecule has 5 aromatic rings. The van der Waals surface area contributed by atoms with Crippen molar-refractivity contribution in [3.63, 3.8) is 0 Å². The number of aromatic nitrogens is 2. The van der Waals surface area contributed by atoms with Crippen molar-refractivity contribution in [2.24, 2.45) is 0 Å². The number of para-hydroxylation sites is 1. The van der Waals surface area contributed by atoms with Gasteiger partial charge in [0.15, 0.2) is 0 Å². The smallest absolute Gasteiger partial charge is 0.267 e. The molecule has 0 radical (unpaired) electrons. The number of nitrogens with one attached hydrogen (secondary N) is 1. The highest BCUT2D eigenvalue weighted by atomic mass is 32.1. The molecule has 0 atom stereocenters. The van der Waals surface area contributed by atoms with Gasteiger partial charge in [0.25, 0.3) is 5.91 Å². The molecule has 0 saturated carbocycles. The van der Waals surface area contributed by atoms with Gasteiger partial charge in [-0.2, -0.15) is 0 Å². The lowest BCUT2D eigenvalue weighted by atomic mass is 10.1. The molecule has 1 N–H and O–H groups in total. The summed E-state index contributed by atoms with van der Waals surface area (Å²) in [5, 5.41) is 8.31. The van der Waals surface area contributed by atoms with E-state index in [0.29, 0.717) is 32.5 Å². The van der Waals surface area contributed by atoms with Crippen molar-refractivity contribution in [1.29, 1.82) is 0 Å². The minimum absolute atomic E-state index is 0.209. The molecule has 2 aromatic carbocycles. The lowest BCUT2D eigenvalue weighted by Crippen LogP contribution is -2.12. The standard InChI is InChI=1S/C24H16FN3OS3/c1-14-21(32-24(26-14)20-11-6-12-30-20)22(29)27-18-10-5-3-8-16(18)19-13-31-23(28-19)15-7-2-4-9-17(15)25/h2-13H,1H3,(H,27,29). The Labute approximate surface area is 196 Å². The van der Waals surface area contributed by atoms with Crippen molar-refractivity contribution in [3.8, 4) is 31.7 Å². The van der Waals surface area contributed by atoms with E-state index < -0.39 is 0 Å². The summed E-state index contributed by atoms with van der Waals surface area (Å²) < 4.78 is 14.2. The van der Waals surface area contributed by atoms with Gasteiger partial charge >= 0.3 is 0 Å². The summed E-state index contributed by atoms with van der Waals surface area (Å²) in [7, 11) is 0. The lowest BCUT2D eigenvalue weighted by molar-refractivity contribution is 0.103. The van der Waals surface area contributed by atoms with Crippen LogP contribution in [-0.4, -0.2) is 15.9 Å². The maximum atomic E-state index is 14.2. The Morgan fingerprint density at radius 1 is 0.906 bits per heavy atom. The van der Waals surface area contributed by atoms with Crippen LogP contribution in [-0.2, 0) is 0 Å². The Morgan fingerprint density at radius 2 is 1.69 bits per heavy atom. The van der Waals surface area contributed by atoms with Crippen LogP contribution < -0.4 is 5.32 Å². The maximum absolute atomic E-state index is 14.2. The summed E-state index contributed by atoms with van der Waals surface area (Å²) in [6.45, 7) is 1.84. The third-order valence-electron chi connectivity index (χ3n) is 4.79. The molecule has 0 unspecified atom stereocenters. The van der Waals surface area contributed by atoms with Crippen LogP contribution in [0, 0.1) is 12.7 Å². The maximum Gasteiger partial charge on any atom is 0.267 e. The van der Waals surface area contributed by atoms with E-state index in [0.717, 1.165) is 15.4 Å². The molecule has 0 aliphatic rings. The molecule has 4 nitrogen and oxygen atoms in total. The first-order valence-electron chi connectivity index (χ1n) is 9.72. The Balaban J connectivity index is 1.44. The number of benzene rings is 2. The Hall–Kier alpha value is -3.20. The van der Waals surface area contributed by atoms with Crippen molar-refractivity contribution in [2.45, 2.75) is 6.92 Å². The number of hydrogen-bond acceptors (Lipinski definition) is 6. The van der Waals surface area contributed by atoms with Crippen LogP contribution >= 0.6 is 34.0 Å². The topological polar surface area (TPSA) is 54.9 Å². The zero-order valence-corrected chi connectivity index (χ0v) is 19.3. The number of anilines is 1. The number of amides is 1. The van der Waals surface area contributed by atoms with Gasteiger partial charge in [-0.1, -0.05) is 36.4 Å². The first kappa shape index (κ1) is 20.7. The molecular weight excluding hydrogens is 461 g/mol. The van der Waals surface area contributed by atoms with Crippen LogP contribution in [0.5, 0.6) is 0 Å². The normalized spacial score (nSPS) is 10.9. The number of halogens is 1. The zero-order valence-electron chi connectivity index (χ0n) is 16.8. The van der Waals surface area contributed by atoms with Crippen LogP contribution in [0.4, 0.5) is 10.1 Å². The van der Waals surface area contributed by atoms with Crippen LogP contribution in [0.2, 0.25) is 0 Å². The minimum Gasteiger partial charge on any atom is -0.321 e. The summed E-state index contributed by atoms with van der Waals surface area (Å²) in [6.07, 6.45) is 0. The molecular formula is C24H16FN3OS3. The molecule has 32 heavy (non-hydrogen) atoms. The monoisotopic (exact) mass is 477 g/mol. The number of carbonyl (C=O) groups is 1. The number of hydrogen-bond donors (Lipinski definition) is 1. The van der Waals surface area contributed by atoms with Crippen molar-refractivity contribution in [3.05, 3.63) is 87.8 Å².